The van der Waals surface area contributed by atoms with Gasteiger partial charge in [0.2, 0.25) is 5.91 Å². The normalized spacial score (nSPS) is 24.2. The molecule has 0 radical (unpaired) electrons. The summed E-state index contributed by atoms with van der Waals surface area (Å²) in [6.45, 7) is 4.21. The number of hydrogen-bond acceptors (Lipinski definition) is 4. The SMILES string of the molecule is Nc1cnn(CC(=O)N2CCN3CCCCC3C2)c1. The highest BCUT2D eigenvalue weighted by Crippen LogP contribution is 2.21. The second kappa shape index (κ2) is 5.21. The molecule has 6 nitrogen and oxygen atoms in total. The predicted molar refractivity (Wildman–Crippen MR) is 72.4 cm³/mol. The van der Waals surface area contributed by atoms with Gasteiger partial charge in [-0.15, -0.1) is 0 Å². The highest BCUT2D eigenvalue weighted by molar-refractivity contribution is 5.76. The van der Waals surface area contributed by atoms with E-state index >= 15 is 0 Å². The summed E-state index contributed by atoms with van der Waals surface area (Å²) in [7, 11) is 0. The van der Waals surface area contributed by atoms with Crippen LogP contribution in [0.15, 0.2) is 12.4 Å². The molecule has 3 heterocycles. The monoisotopic (exact) mass is 263 g/mol. The summed E-state index contributed by atoms with van der Waals surface area (Å²) in [6.07, 6.45) is 7.09. The molecule has 0 bridgehead atoms. The number of nitrogens with two attached hydrogens (primary N) is 1. The maximum atomic E-state index is 12.3. The minimum Gasteiger partial charge on any atom is -0.396 e. The third-order valence-electron chi connectivity index (χ3n) is 4.14. The van der Waals surface area contributed by atoms with E-state index in [1.807, 2.05) is 4.90 Å². The minimum absolute atomic E-state index is 0.147. The van der Waals surface area contributed by atoms with Gasteiger partial charge in [-0.3, -0.25) is 14.4 Å². The maximum Gasteiger partial charge on any atom is 0.244 e. The zero-order valence-corrected chi connectivity index (χ0v) is 11.2. The smallest absolute Gasteiger partial charge is 0.244 e. The number of nitrogen functional groups attached to an aromatic ring is 1. The molecule has 3 rings (SSSR count). The number of fused-ring (bicyclic) bond motifs is 1. The van der Waals surface area contributed by atoms with Gasteiger partial charge >= 0.3 is 0 Å². The fourth-order valence-corrected chi connectivity index (χ4v) is 3.09. The second-order valence-electron chi connectivity index (χ2n) is 5.50. The van der Waals surface area contributed by atoms with Gasteiger partial charge in [-0.1, -0.05) is 6.42 Å². The molecule has 0 spiro atoms. The standard InChI is InChI=1S/C13H21N5O/c14-11-7-15-18(8-11)10-13(19)17-6-5-16-4-2-1-3-12(16)9-17/h7-8,12H,1-6,9-10,14H2. The van der Waals surface area contributed by atoms with Crippen molar-refractivity contribution < 1.29 is 4.79 Å². The molecule has 104 valence electrons. The summed E-state index contributed by atoms with van der Waals surface area (Å²) < 4.78 is 1.62. The molecule has 6 heteroatoms. The number of carbonyl (C=O) groups is 1. The van der Waals surface area contributed by atoms with Gasteiger partial charge in [-0.2, -0.15) is 5.10 Å². The molecular weight excluding hydrogens is 242 g/mol. The summed E-state index contributed by atoms with van der Waals surface area (Å²) >= 11 is 0. The van der Waals surface area contributed by atoms with Crippen LogP contribution in [0.25, 0.3) is 0 Å². The van der Waals surface area contributed by atoms with Crippen molar-refractivity contribution in [2.24, 2.45) is 0 Å². The van der Waals surface area contributed by atoms with Gasteiger partial charge in [0.1, 0.15) is 6.54 Å². The van der Waals surface area contributed by atoms with Crippen molar-refractivity contribution in [1.82, 2.24) is 19.6 Å². The van der Waals surface area contributed by atoms with Crippen molar-refractivity contribution >= 4 is 11.6 Å². The van der Waals surface area contributed by atoms with Gasteiger partial charge in [0, 0.05) is 31.9 Å². The van der Waals surface area contributed by atoms with Crippen LogP contribution in [0.3, 0.4) is 0 Å². The Balaban J connectivity index is 1.58. The number of rotatable bonds is 2. The highest BCUT2D eigenvalue weighted by atomic mass is 16.2. The Bertz CT molecular complexity index is 458. The summed E-state index contributed by atoms with van der Waals surface area (Å²) in [4.78, 5) is 16.8. The Morgan fingerprint density at radius 1 is 1.37 bits per heavy atom. The first kappa shape index (κ1) is 12.5. The van der Waals surface area contributed by atoms with E-state index in [1.165, 1.54) is 25.8 Å². The number of carbonyl (C=O) groups excluding carboxylic acids is 1. The molecule has 1 unspecified atom stereocenters. The molecule has 2 N–H and O–H groups in total. The van der Waals surface area contributed by atoms with Crippen LogP contribution in [0.5, 0.6) is 0 Å². The van der Waals surface area contributed by atoms with Crippen LogP contribution in [-0.2, 0) is 11.3 Å². The van der Waals surface area contributed by atoms with Gasteiger partial charge in [0.15, 0.2) is 0 Å². The quantitative estimate of drug-likeness (QED) is 0.825. The fourth-order valence-electron chi connectivity index (χ4n) is 3.09. The number of anilines is 1. The van der Waals surface area contributed by atoms with Crippen LogP contribution < -0.4 is 5.73 Å². The predicted octanol–water partition coefficient (Wildman–Crippen LogP) is 0.162. The first-order chi connectivity index (χ1) is 9.22. The third kappa shape index (κ3) is 2.73. The summed E-state index contributed by atoms with van der Waals surface area (Å²) in [6, 6.07) is 0.564. The summed E-state index contributed by atoms with van der Waals surface area (Å²) in [5, 5.41) is 4.07. The molecule has 1 aromatic heterocycles. The molecule has 2 saturated heterocycles. The van der Waals surface area contributed by atoms with Crippen LogP contribution >= 0.6 is 0 Å². The van der Waals surface area contributed by atoms with Crippen LogP contribution in [0.4, 0.5) is 5.69 Å². The lowest BCUT2D eigenvalue weighted by molar-refractivity contribution is -0.135. The van der Waals surface area contributed by atoms with Crippen molar-refractivity contribution in [2.75, 3.05) is 31.9 Å². The molecule has 0 saturated carbocycles. The zero-order valence-electron chi connectivity index (χ0n) is 11.2. The molecule has 19 heavy (non-hydrogen) atoms. The van der Waals surface area contributed by atoms with E-state index in [4.69, 9.17) is 5.73 Å². The average Bonchev–Trinajstić information content (AvgIpc) is 2.83. The van der Waals surface area contributed by atoms with E-state index in [1.54, 1.807) is 17.1 Å². The summed E-state index contributed by atoms with van der Waals surface area (Å²) in [5.41, 5.74) is 6.21. The maximum absolute atomic E-state index is 12.3. The van der Waals surface area contributed by atoms with Crippen LogP contribution in [0, 0.1) is 0 Å². The van der Waals surface area contributed by atoms with E-state index < -0.39 is 0 Å². The van der Waals surface area contributed by atoms with Crippen molar-refractivity contribution in [3.05, 3.63) is 12.4 Å². The minimum atomic E-state index is 0.147. The molecule has 2 aliphatic rings. The van der Waals surface area contributed by atoms with Gasteiger partial charge in [0.05, 0.1) is 11.9 Å². The first-order valence-electron chi connectivity index (χ1n) is 7.02. The third-order valence-corrected chi connectivity index (χ3v) is 4.14. The number of amides is 1. The molecular formula is C13H21N5O. The number of hydrogen-bond donors (Lipinski definition) is 1. The average molecular weight is 263 g/mol. The second-order valence-corrected chi connectivity index (χ2v) is 5.50. The molecule has 1 aromatic rings. The van der Waals surface area contributed by atoms with E-state index in [2.05, 4.69) is 10.00 Å². The number of aromatic nitrogens is 2. The Kier molecular flexibility index (Phi) is 3.42. The van der Waals surface area contributed by atoms with E-state index in [0.29, 0.717) is 18.3 Å². The molecule has 1 atom stereocenters. The molecule has 0 aliphatic carbocycles. The zero-order chi connectivity index (χ0) is 13.2. The number of piperidine rings is 1. The number of nitrogens with zero attached hydrogens (tertiary/aromatic N) is 4. The van der Waals surface area contributed by atoms with Crippen LogP contribution in [0.2, 0.25) is 0 Å². The lowest BCUT2D eigenvalue weighted by Gasteiger charge is -2.44. The van der Waals surface area contributed by atoms with Crippen molar-refractivity contribution in [3.8, 4) is 0 Å². The molecule has 0 aromatic carbocycles. The van der Waals surface area contributed by atoms with Crippen molar-refractivity contribution in [1.29, 1.82) is 0 Å². The molecule has 2 fully saturated rings. The first-order valence-corrected chi connectivity index (χ1v) is 7.02. The van der Waals surface area contributed by atoms with E-state index in [-0.39, 0.29) is 5.91 Å². The lowest BCUT2D eigenvalue weighted by Crippen LogP contribution is -2.56. The van der Waals surface area contributed by atoms with E-state index in [9.17, 15) is 4.79 Å². The molecule has 1 amide bonds. The van der Waals surface area contributed by atoms with Crippen LogP contribution in [0.1, 0.15) is 19.3 Å². The Morgan fingerprint density at radius 3 is 3.05 bits per heavy atom. The highest BCUT2D eigenvalue weighted by Gasteiger charge is 2.30. The summed E-state index contributed by atoms with van der Waals surface area (Å²) in [5.74, 6) is 0.147. The molecule has 2 aliphatic heterocycles. The topological polar surface area (TPSA) is 67.4 Å². The Morgan fingerprint density at radius 2 is 2.26 bits per heavy atom. The van der Waals surface area contributed by atoms with Gasteiger partial charge < -0.3 is 10.6 Å². The Labute approximate surface area is 113 Å². The van der Waals surface area contributed by atoms with E-state index in [0.717, 1.165) is 19.6 Å². The van der Waals surface area contributed by atoms with Crippen LogP contribution in [-0.4, -0.2) is 57.7 Å². The Hall–Kier alpha value is -1.56. The van der Waals surface area contributed by atoms with Crippen molar-refractivity contribution in [2.45, 2.75) is 31.8 Å². The lowest BCUT2D eigenvalue weighted by atomic mass is 9.99. The van der Waals surface area contributed by atoms with Gasteiger partial charge in [-0.05, 0) is 19.4 Å². The van der Waals surface area contributed by atoms with Crippen molar-refractivity contribution in [3.63, 3.8) is 0 Å². The van der Waals surface area contributed by atoms with Gasteiger partial charge in [0.25, 0.3) is 0 Å². The number of piperazine rings is 1. The van der Waals surface area contributed by atoms with Gasteiger partial charge in [-0.25, -0.2) is 0 Å². The fraction of sp³-hybridized carbons (Fsp3) is 0.692. The largest absolute Gasteiger partial charge is 0.396 e.